The zero-order valence-corrected chi connectivity index (χ0v) is 21.1. The van der Waals surface area contributed by atoms with Gasteiger partial charge in [-0.2, -0.15) is 5.10 Å². The van der Waals surface area contributed by atoms with E-state index in [0.717, 1.165) is 40.6 Å². The van der Waals surface area contributed by atoms with Crippen LogP contribution >= 0.6 is 0 Å². The zero-order valence-electron chi connectivity index (χ0n) is 21.1. The molecule has 0 spiro atoms. The molecule has 1 aliphatic carbocycles. The number of carbonyl (C=O) groups excluding carboxylic acids is 1. The first kappa shape index (κ1) is 23.3. The summed E-state index contributed by atoms with van der Waals surface area (Å²) in [7, 11) is 0. The van der Waals surface area contributed by atoms with Crippen LogP contribution < -0.4 is 9.47 Å². The van der Waals surface area contributed by atoms with Crippen LogP contribution in [0.25, 0.3) is 16.9 Å². The fraction of sp³-hybridized carbons (Fsp3) is 0.290. The molecular formula is C31H31N3O3. The highest BCUT2D eigenvalue weighted by Gasteiger charge is 2.30. The van der Waals surface area contributed by atoms with Crippen molar-refractivity contribution < 1.29 is 14.3 Å². The van der Waals surface area contributed by atoms with Gasteiger partial charge in [0.1, 0.15) is 5.69 Å². The zero-order chi connectivity index (χ0) is 25.2. The SMILES string of the molecule is Cc1c(C(=O)N(Cc2ccc3c(c2)OCO3)CC2CCCC2)c(-c2ccccc2)nn1-c1ccccc1. The van der Waals surface area contributed by atoms with Crippen LogP contribution in [0.2, 0.25) is 0 Å². The van der Waals surface area contributed by atoms with Crippen LogP contribution in [-0.4, -0.2) is 33.9 Å². The van der Waals surface area contributed by atoms with Gasteiger partial charge in [0.2, 0.25) is 6.79 Å². The number of aromatic nitrogens is 2. The number of rotatable bonds is 7. The number of fused-ring (bicyclic) bond motifs is 1. The fourth-order valence-corrected chi connectivity index (χ4v) is 5.52. The molecule has 0 bridgehead atoms. The van der Waals surface area contributed by atoms with Gasteiger partial charge in [-0.1, -0.05) is 67.4 Å². The summed E-state index contributed by atoms with van der Waals surface area (Å²) in [6.07, 6.45) is 4.80. The Bertz CT molecular complexity index is 1390. The summed E-state index contributed by atoms with van der Waals surface area (Å²) in [5.74, 6) is 2.03. The van der Waals surface area contributed by atoms with E-state index in [1.807, 2.05) is 95.4 Å². The summed E-state index contributed by atoms with van der Waals surface area (Å²) in [5, 5.41) is 4.97. The molecule has 6 nitrogen and oxygen atoms in total. The second-order valence-electron chi connectivity index (χ2n) is 9.95. The van der Waals surface area contributed by atoms with Crippen molar-refractivity contribution in [3.63, 3.8) is 0 Å². The van der Waals surface area contributed by atoms with Crippen molar-refractivity contribution in [2.75, 3.05) is 13.3 Å². The van der Waals surface area contributed by atoms with Gasteiger partial charge in [0.05, 0.1) is 16.9 Å². The first-order valence-electron chi connectivity index (χ1n) is 13.1. The number of benzene rings is 3. The van der Waals surface area contributed by atoms with Gasteiger partial charge in [-0.15, -0.1) is 0 Å². The number of amides is 1. The predicted octanol–water partition coefficient (Wildman–Crippen LogP) is 6.41. The largest absolute Gasteiger partial charge is 0.454 e. The lowest BCUT2D eigenvalue weighted by Gasteiger charge is -2.26. The van der Waals surface area contributed by atoms with Gasteiger partial charge in [-0.25, -0.2) is 4.68 Å². The molecule has 0 unspecified atom stereocenters. The first-order valence-corrected chi connectivity index (χ1v) is 13.1. The van der Waals surface area contributed by atoms with Crippen molar-refractivity contribution in [1.82, 2.24) is 14.7 Å². The normalized spacial score (nSPS) is 14.7. The third-order valence-corrected chi connectivity index (χ3v) is 7.43. The van der Waals surface area contributed by atoms with Crippen LogP contribution in [0.1, 0.15) is 47.3 Å². The van der Waals surface area contributed by atoms with Gasteiger partial charge in [0.25, 0.3) is 5.91 Å². The summed E-state index contributed by atoms with van der Waals surface area (Å²) in [5.41, 5.74) is 5.13. The number of ether oxygens (including phenoxy) is 2. The minimum absolute atomic E-state index is 0.0168. The van der Waals surface area contributed by atoms with Crippen molar-refractivity contribution in [3.05, 3.63) is 95.7 Å². The molecule has 188 valence electrons. The van der Waals surface area contributed by atoms with E-state index in [1.165, 1.54) is 25.7 Å². The van der Waals surface area contributed by atoms with Crippen molar-refractivity contribution in [1.29, 1.82) is 0 Å². The highest BCUT2D eigenvalue weighted by atomic mass is 16.7. The van der Waals surface area contributed by atoms with Crippen LogP contribution in [0.15, 0.2) is 78.9 Å². The predicted molar refractivity (Wildman–Crippen MR) is 143 cm³/mol. The number of para-hydroxylation sites is 1. The number of nitrogens with zero attached hydrogens (tertiary/aromatic N) is 3. The average molecular weight is 494 g/mol. The Kier molecular flexibility index (Phi) is 6.39. The van der Waals surface area contributed by atoms with E-state index in [-0.39, 0.29) is 12.7 Å². The van der Waals surface area contributed by atoms with Crippen LogP contribution in [-0.2, 0) is 6.54 Å². The Hall–Kier alpha value is -4.06. The molecule has 1 fully saturated rings. The van der Waals surface area contributed by atoms with Crippen molar-refractivity contribution in [2.45, 2.75) is 39.2 Å². The summed E-state index contributed by atoms with van der Waals surface area (Å²) in [6.45, 7) is 3.48. The van der Waals surface area contributed by atoms with E-state index in [9.17, 15) is 4.79 Å². The van der Waals surface area contributed by atoms with Crippen molar-refractivity contribution in [2.24, 2.45) is 5.92 Å². The molecule has 2 aliphatic rings. The Balaban J connectivity index is 1.41. The monoisotopic (exact) mass is 493 g/mol. The Morgan fingerprint density at radius 2 is 1.65 bits per heavy atom. The lowest BCUT2D eigenvalue weighted by atomic mass is 10.0. The lowest BCUT2D eigenvalue weighted by molar-refractivity contribution is 0.0715. The van der Waals surface area contributed by atoms with E-state index in [1.54, 1.807) is 0 Å². The van der Waals surface area contributed by atoms with Gasteiger partial charge in [0.15, 0.2) is 11.5 Å². The molecule has 37 heavy (non-hydrogen) atoms. The van der Waals surface area contributed by atoms with Gasteiger partial charge in [-0.05, 0) is 55.5 Å². The quantitative estimate of drug-likeness (QED) is 0.299. The lowest BCUT2D eigenvalue weighted by Crippen LogP contribution is -2.35. The molecule has 4 aromatic rings. The minimum Gasteiger partial charge on any atom is -0.454 e. The Labute approximate surface area is 217 Å². The van der Waals surface area contributed by atoms with Crippen LogP contribution in [0.5, 0.6) is 11.5 Å². The molecule has 0 radical (unpaired) electrons. The third-order valence-electron chi connectivity index (χ3n) is 7.43. The maximum atomic E-state index is 14.4. The second kappa shape index (κ2) is 10.1. The van der Waals surface area contributed by atoms with Crippen LogP contribution in [0, 0.1) is 12.8 Å². The molecule has 3 aromatic carbocycles. The molecule has 1 saturated carbocycles. The van der Waals surface area contributed by atoms with Crippen molar-refractivity contribution in [3.8, 4) is 28.4 Å². The number of hydrogen-bond donors (Lipinski definition) is 0. The van der Waals surface area contributed by atoms with Crippen LogP contribution in [0.3, 0.4) is 0 Å². The number of carbonyl (C=O) groups is 1. The highest BCUT2D eigenvalue weighted by Crippen LogP contribution is 2.35. The summed E-state index contributed by atoms with van der Waals surface area (Å²) in [6, 6.07) is 26.0. The molecule has 6 rings (SSSR count). The topological polar surface area (TPSA) is 56.6 Å². The molecule has 1 aliphatic heterocycles. The Morgan fingerprint density at radius 1 is 0.946 bits per heavy atom. The maximum absolute atomic E-state index is 14.4. The van der Waals surface area contributed by atoms with E-state index in [4.69, 9.17) is 14.6 Å². The number of hydrogen-bond acceptors (Lipinski definition) is 4. The van der Waals surface area contributed by atoms with Gasteiger partial charge in [0, 0.05) is 18.7 Å². The third kappa shape index (κ3) is 4.71. The molecule has 1 amide bonds. The summed E-state index contributed by atoms with van der Waals surface area (Å²) in [4.78, 5) is 16.5. The summed E-state index contributed by atoms with van der Waals surface area (Å²) >= 11 is 0. The standard InChI is InChI=1S/C31H31N3O3/c1-22-29(30(25-12-4-2-5-13-25)32-34(22)26-14-6-3-7-15-26)31(35)33(19-23-10-8-9-11-23)20-24-16-17-27-28(18-24)37-21-36-27/h2-7,12-18,23H,8-11,19-21H2,1H3. The second-order valence-corrected chi connectivity index (χ2v) is 9.95. The molecule has 0 N–H and O–H groups in total. The molecule has 2 heterocycles. The molecule has 6 heteroatoms. The van der Waals surface area contributed by atoms with Gasteiger partial charge >= 0.3 is 0 Å². The molecule has 0 atom stereocenters. The van der Waals surface area contributed by atoms with Gasteiger partial charge < -0.3 is 14.4 Å². The van der Waals surface area contributed by atoms with Gasteiger partial charge in [-0.3, -0.25) is 4.79 Å². The maximum Gasteiger partial charge on any atom is 0.258 e. The Morgan fingerprint density at radius 3 is 2.41 bits per heavy atom. The fourth-order valence-electron chi connectivity index (χ4n) is 5.52. The minimum atomic E-state index is 0.0168. The van der Waals surface area contributed by atoms with E-state index >= 15 is 0 Å². The van der Waals surface area contributed by atoms with E-state index in [2.05, 4.69) is 0 Å². The van der Waals surface area contributed by atoms with Crippen LogP contribution in [0.4, 0.5) is 0 Å². The molecule has 1 aromatic heterocycles. The molecule has 0 saturated heterocycles. The smallest absolute Gasteiger partial charge is 0.258 e. The van der Waals surface area contributed by atoms with E-state index < -0.39 is 0 Å². The first-order chi connectivity index (χ1) is 18.2. The average Bonchev–Trinajstić information content (AvgIpc) is 3.69. The highest BCUT2D eigenvalue weighted by molar-refractivity contribution is 6.01. The summed E-state index contributed by atoms with van der Waals surface area (Å²) < 4.78 is 13.0. The van der Waals surface area contributed by atoms with Crippen molar-refractivity contribution >= 4 is 5.91 Å². The van der Waals surface area contributed by atoms with E-state index in [0.29, 0.717) is 23.7 Å². The molecular weight excluding hydrogens is 462 g/mol.